The third kappa shape index (κ3) is 1.88. The molecule has 0 bridgehead atoms. The largest absolute Gasteiger partial charge is 0.459 e. The van der Waals surface area contributed by atoms with E-state index in [-0.39, 0.29) is 6.04 Å². The summed E-state index contributed by atoms with van der Waals surface area (Å²) in [6, 6.07) is 10.9. The first kappa shape index (κ1) is 11.3. The molecule has 0 amide bonds. The highest BCUT2D eigenvalue weighted by molar-refractivity contribution is 6.35. The van der Waals surface area contributed by atoms with E-state index in [4.69, 9.17) is 21.8 Å². The molecule has 4 heteroatoms. The molecule has 3 rings (SSSR count). The lowest BCUT2D eigenvalue weighted by molar-refractivity contribution is 0.524. The number of furan rings is 1. The molecule has 18 heavy (non-hydrogen) atoms. The Balaban J connectivity index is 2.07. The van der Waals surface area contributed by atoms with E-state index in [1.807, 2.05) is 36.4 Å². The van der Waals surface area contributed by atoms with Crippen molar-refractivity contribution < 1.29 is 4.42 Å². The Bertz CT molecular complexity index is 679. The molecule has 2 aromatic heterocycles. The Hall–Kier alpha value is -1.84. The lowest BCUT2D eigenvalue weighted by Gasteiger charge is -2.07. The van der Waals surface area contributed by atoms with Crippen LogP contribution < -0.4 is 5.73 Å². The summed E-state index contributed by atoms with van der Waals surface area (Å²) >= 11 is 6.11. The molecule has 2 N–H and O–H groups in total. The van der Waals surface area contributed by atoms with E-state index in [2.05, 4.69) is 4.98 Å². The van der Waals surface area contributed by atoms with Crippen LogP contribution in [0.15, 0.2) is 53.2 Å². The van der Waals surface area contributed by atoms with Crippen molar-refractivity contribution in [1.29, 1.82) is 0 Å². The fourth-order valence-electron chi connectivity index (χ4n) is 1.92. The summed E-state index contributed by atoms with van der Waals surface area (Å²) in [4.78, 5) is 4.06. The second-order valence-electron chi connectivity index (χ2n) is 4.06. The fraction of sp³-hybridized carbons (Fsp3) is 0.0714. The van der Waals surface area contributed by atoms with E-state index >= 15 is 0 Å². The average molecular weight is 259 g/mol. The zero-order valence-electron chi connectivity index (χ0n) is 9.51. The fourth-order valence-corrected chi connectivity index (χ4v) is 2.14. The zero-order chi connectivity index (χ0) is 12.5. The van der Waals surface area contributed by atoms with Crippen LogP contribution in [0.5, 0.6) is 0 Å². The number of aromatic nitrogens is 1. The molecule has 0 radical (unpaired) electrons. The van der Waals surface area contributed by atoms with Crippen molar-refractivity contribution in [1.82, 2.24) is 4.98 Å². The Morgan fingerprint density at radius 2 is 2.11 bits per heavy atom. The lowest BCUT2D eigenvalue weighted by Crippen LogP contribution is -2.10. The number of halogens is 1. The minimum atomic E-state index is -0.331. The van der Waals surface area contributed by atoms with Gasteiger partial charge in [0.25, 0.3) is 0 Å². The molecule has 0 aliphatic heterocycles. The van der Waals surface area contributed by atoms with Gasteiger partial charge in [-0.2, -0.15) is 0 Å². The van der Waals surface area contributed by atoms with Gasteiger partial charge < -0.3 is 10.2 Å². The Morgan fingerprint density at radius 3 is 2.83 bits per heavy atom. The average Bonchev–Trinajstić information content (AvgIpc) is 2.84. The minimum absolute atomic E-state index is 0.331. The maximum Gasteiger partial charge on any atom is 0.135 e. The van der Waals surface area contributed by atoms with Gasteiger partial charge >= 0.3 is 0 Å². The van der Waals surface area contributed by atoms with Crippen LogP contribution in [0, 0.1) is 0 Å². The lowest BCUT2D eigenvalue weighted by atomic mass is 10.1. The van der Waals surface area contributed by atoms with Gasteiger partial charge in [0.2, 0.25) is 0 Å². The van der Waals surface area contributed by atoms with Gasteiger partial charge in [-0.15, -0.1) is 0 Å². The molecule has 0 aliphatic carbocycles. The SMILES string of the molecule is NC(c1cccnc1)c1cc2c(Cl)cccc2o1. The molecular weight excluding hydrogens is 248 g/mol. The minimum Gasteiger partial charge on any atom is -0.459 e. The van der Waals surface area contributed by atoms with Crippen molar-refractivity contribution in [3.63, 3.8) is 0 Å². The molecule has 0 saturated heterocycles. The topological polar surface area (TPSA) is 52.0 Å². The van der Waals surface area contributed by atoms with Crippen LogP contribution in [-0.2, 0) is 0 Å². The highest BCUT2D eigenvalue weighted by atomic mass is 35.5. The molecule has 90 valence electrons. The van der Waals surface area contributed by atoms with Gasteiger partial charge in [-0.1, -0.05) is 23.7 Å². The standard InChI is InChI=1S/C14H11ClN2O/c15-11-4-1-5-12-10(11)7-13(18-12)14(16)9-3-2-6-17-8-9/h1-8,14H,16H2. The summed E-state index contributed by atoms with van der Waals surface area (Å²) in [5.74, 6) is 0.686. The van der Waals surface area contributed by atoms with Crippen molar-refractivity contribution >= 4 is 22.6 Å². The number of hydrogen-bond donors (Lipinski definition) is 1. The number of pyridine rings is 1. The van der Waals surface area contributed by atoms with E-state index < -0.39 is 0 Å². The van der Waals surface area contributed by atoms with Crippen LogP contribution in [0.2, 0.25) is 5.02 Å². The first-order valence-electron chi connectivity index (χ1n) is 5.59. The first-order chi connectivity index (χ1) is 8.75. The maximum atomic E-state index is 6.15. The van der Waals surface area contributed by atoms with Gasteiger partial charge in [-0.25, -0.2) is 0 Å². The zero-order valence-corrected chi connectivity index (χ0v) is 10.3. The number of nitrogens with zero attached hydrogens (tertiary/aromatic N) is 1. The van der Waals surface area contributed by atoms with E-state index in [0.29, 0.717) is 10.8 Å². The van der Waals surface area contributed by atoms with Crippen LogP contribution in [0.25, 0.3) is 11.0 Å². The number of fused-ring (bicyclic) bond motifs is 1. The second-order valence-corrected chi connectivity index (χ2v) is 4.47. The van der Waals surface area contributed by atoms with Gasteiger partial charge in [0.15, 0.2) is 0 Å². The molecule has 3 aromatic rings. The van der Waals surface area contributed by atoms with Crippen LogP contribution in [-0.4, -0.2) is 4.98 Å². The Morgan fingerprint density at radius 1 is 1.22 bits per heavy atom. The molecule has 0 saturated carbocycles. The van der Waals surface area contributed by atoms with Crippen molar-refractivity contribution in [2.45, 2.75) is 6.04 Å². The Kier molecular flexibility index (Phi) is 2.78. The van der Waals surface area contributed by atoms with E-state index in [1.54, 1.807) is 12.4 Å². The highest BCUT2D eigenvalue weighted by Crippen LogP contribution is 2.30. The van der Waals surface area contributed by atoms with Gasteiger partial charge in [0, 0.05) is 17.8 Å². The third-order valence-electron chi connectivity index (χ3n) is 2.88. The molecular formula is C14H11ClN2O. The summed E-state index contributed by atoms with van der Waals surface area (Å²) in [5, 5.41) is 1.55. The quantitative estimate of drug-likeness (QED) is 0.765. The number of hydrogen-bond acceptors (Lipinski definition) is 3. The second kappa shape index (κ2) is 4.44. The molecule has 0 aliphatic rings. The smallest absolute Gasteiger partial charge is 0.135 e. The highest BCUT2D eigenvalue weighted by Gasteiger charge is 2.15. The molecule has 2 heterocycles. The summed E-state index contributed by atoms with van der Waals surface area (Å²) in [7, 11) is 0. The summed E-state index contributed by atoms with van der Waals surface area (Å²) < 4.78 is 5.73. The number of rotatable bonds is 2. The van der Waals surface area contributed by atoms with E-state index in [9.17, 15) is 0 Å². The summed E-state index contributed by atoms with van der Waals surface area (Å²) in [5.41, 5.74) is 7.81. The van der Waals surface area contributed by atoms with Crippen molar-refractivity contribution in [3.05, 3.63) is 65.1 Å². The van der Waals surface area contributed by atoms with E-state index in [1.165, 1.54) is 0 Å². The van der Waals surface area contributed by atoms with Crippen molar-refractivity contribution in [2.75, 3.05) is 0 Å². The molecule has 0 fully saturated rings. The normalized spacial score (nSPS) is 12.8. The molecule has 1 atom stereocenters. The molecule has 1 unspecified atom stereocenters. The number of nitrogens with two attached hydrogens (primary N) is 1. The predicted molar refractivity (Wildman–Crippen MR) is 71.5 cm³/mol. The first-order valence-corrected chi connectivity index (χ1v) is 5.97. The van der Waals surface area contributed by atoms with Gasteiger partial charge in [0.05, 0.1) is 11.1 Å². The molecule has 3 nitrogen and oxygen atoms in total. The van der Waals surface area contributed by atoms with Crippen LogP contribution >= 0.6 is 11.6 Å². The van der Waals surface area contributed by atoms with Gasteiger partial charge in [-0.3, -0.25) is 4.98 Å². The summed E-state index contributed by atoms with van der Waals surface area (Å²) in [6.45, 7) is 0. The monoisotopic (exact) mass is 258 g/mol. The summed E-state index contributed by atoms with van der Waals surface area (Å²) in [6.07, 6.45) is 3.45. The van der Waals surface area contributed by atoms with E-state index in [0.717, 1.165) is 16.5 Å². The Labute approximate surface area is 109 Å². The van der Waals surface area contributed by atoms with Crippen LogP contribution in [0.4, 0.5) is 0 Å². The van der Waals surface area contributed by atoms with Crippen molar-refractivity contribution in [3.8, 4) is 0 Å². The number of benzene rings is 1. The van der Waals surface area contributed by atoms with Crippen molar-refractivity contribution in [2.24, 2.45) is 5.73 Å². The molecule has 0 spiro atoms. The van der Waals surface area contributed by atoms with Gasteiger partial charge in [-0.05, 0) is 29.8 Å². The van der Waals surface area contributed by atoms with Crippen LogP contribution in [0.1, 0.15) is 17.4 Å². The molecule has 1 aromatic carbocycles. The van der Waals surface area contributed by atoms with Gasteiger partial charge in [0.1, 0.15) is 11.3 Å². The predicted octanol–water partition coefficient (Wildman–Crippen LogP) is 3.53. The van der Waals surface area contributed by atoms with Crippen LogP contribution in [0.3, 0.4) is 0 Å². The third-order valence-corrected chi connectivity index (χ3v) is 3.21. The maximum absolute atomic E-state index is 6.15.